The van der Waals surface area contributed by atoms with Gasteiger partial charge in [-0.05, 0) is 30.0 Å². The molecule has 6 nitrogen and oxygen atoms in total. The number of anilines is 1. The summed E-state index contributed by atoms with van der Waals surface area (Å²) < 4.78 is 5.23. The van der Waals surface area contributed by atoms with E-state index in [2.05, 4.69) is 53.8 Å². The van der Waals surface area contributed by atoms with E-state index in [9.17, 15) is 4.79 Å². The Morgan fingerprint density at radius 3 is 1.92 bits per heavy atom. The summed E-state index contributed by atoms with van der Waals surface area (Å²) in [6.45, 7) is 4.49. The van der Waals surface area contributed by atoms with Crippen LogP contribution in [0.1, 0.15) is 49.1 Å². The van der Waals surface area contributed by atoms with Crippen LogP contribution in [0.3, 0.4) is 0 Å². The minimum Gasteiger partial charge on any atom is -0.461 e. The van der Waals surface area contributed by atoms with Crippen molar-refractivity contribution in [1.29, 1.82) is 0 Å². The van der Waals surface area contributed by atoms with Crippen LogP contribution in [0.15, 0.2) is 102 Å². The third kappa shape index (κ3) is 6.06. The SMILES string of the molecule is CCCCON=C(C(=O)OCC)c1csc(NC(c2ccccc2)(c2ccccc2)c2ccccc2)n1. The van der Waals surface area contributed by atoms with Gasteiger partial charge in [-0.25, -0.2) is 9.78 Å². The smallest absolute Gasteiger partial charge is 0.362 e. The van der Waals surface area contributed by atoms with Crippen LogP contribution < -0.4 is 5.32 Å². The first-order chi connectivity index (χ1) is 18.2. The van der Waals surface area contributed by atoms with E-state index in [1.165, 1.54) is 11.3 Å². The van der Waals surface area contributed by atoms with Gasteiger partial charge in [-0.15, -0.1) is 11.3 Å². The monoisotopic (exact) mass is 513 g/mol. The fourth-order valence-electron chi connectivity index (χ4n) is 4.09. The van der Waals surface area contributed by atoms with Crippen molar-refractivity contribution in [3.8, 4) is 0 Å². The van der Waals surface area contributed by atoms with E-state index >= 15 is 0 Å². The number of thiazole rings is 1. The molecule has 4 aromatic rings. The summed E-state index contributed by atoms with van der Waals surface area (Å²) >= 11 is 1.40. The number of hydrogen-bond donors (Lipinski definition) is 1. The van der Waals surface area contributed by atoms with Gasteiger partial charge in [-0.2, -0.15) is 0 Å². The summed E-state index contributed by atoms with van der Waals surface area (Å²) in [4.78, 5) is 22.9. The van der Waals surface area contributed by atoms with E-state index < -0.39 is 11.5 Å². The zero-order valence-corrected chi connectivity index (χ0v) is 21.9. The second-order valence-electron chi connectivity index (χ2n) is 8.36. The van der Waals surface area contributed by atoms with Gasteiger partial charge < -0.3 is 14.9 Å². The van der Waals surface area contributed by atoms with E-state index in [4.69, 9.17) is 14.6 Å². The molecule has 0 bridgehead atoms. The number of carbonyl (C=O) groups is 1. The first-order valence-corrected chi connectivity index (χ1v) is 13.3. The minimum absolute atomic E-state index is 0.0620. The van der Waals surface area contributed by atoms with Crippen molar-refractivity contribution in [2.24, 2.45) is 5.16 Å². The highest BCUT2D eigenvalue weighted by atomic mass is 32.1. The predicted octanol–water partition coefficient (Wildman–Crippen LogP) is 6.63. The maximum Gasteiger partial charge on any atom is 0.362 e. The third-order valence-corrected chi connectivity index (χ3v) is 6.63. The second kappa shape index (κ2) is 12.8. The first kappa shape index (κ1) is 26.1. The van der Waals surface area contributed by atoms with Crippen molar-refractivity contribution >= 4 is 28.1 Å². The van der Waals surface area contributed by atoms with Gasteiger partial charge in [0.05, 0.1) is 6.61 Å². The van der Waals surface area contributed by atoms with E-state index in [1.807, 2.05) is 54.6 Å². The number of aromatic nitrogens is 1. The average molecular weight is 514 g/mol. The molecular weight excluding hydrogens is 482 g/mol. The lowest BCUT2D eigenvalue weighted by molar-refractivity contribution is -0.135. The number of nitrogens with zero attached hydrogens (tertiary/aromatic N) is 2. The molecule has 0 radical (unpaired) electrons. The normalized spacial score (nSPS) is 11.7. The van der Waals surface area contributed by atoms with Crippen LogP contribution in [-0.4, -0.2) is 29.9 Å². The molecule has 0 saturated heterocycles. The van der Waals surface area contributed by atoms with Crippen molar-refractivity contribution in [3.63, 3.8) is 0 Å². The lowest BCUT2D eigenvalue weighted by Gasteiger charge is -2.36. The second-order valence-corrected chi connectivity index (χ2v) is 9.22. The van der Waals surface area contributed by atoms with Crippen molar-refractivity contribution in [2.75, 3.05) is 18.5 Å². The van der Waals surface area contributed by atoms with Crippen molar-refractivity contribution in [1.82, 2.24) is 4.98 Å². The molecule has 1 N–H and O–H groups in total. The number of hydrogen-bond acceptors (Lipinski definition) is 7. The van der Waals surface area contributed by atoms with Crippen LogP contribution in [0.25, 0.3) is 0 Å². The highest BCUT2D eigenvalue weighted by Gasteiger charge is 2.37. The Bertz CT molecular complexity index is 1190. The molecule has 7 heteroatoms. The van der Waals surface area contributed by atoms with Crippen molar-refractivity contribution < 1.29 is 14.4 Å². The Morgan fingerprint density at radius 1 is 0.892 bits per heavy atom. The van der Waals surface area contributed by atoms with E-state index in [0.717, 1.165) is 29.5 Å². The van der Waals surface area contributed by atoms with Gasteiger partial charge >= 0.3 is 5.97 Å². The number of benzene rings is 3. The summed E-state index contributed by atoms with van der Waals surface area (Å²) in [5.74, 6) is -0.559. The summed E-state index contributed by atoms with van der Waals surface area (Å²) in [6, 6.07) is 30.8. The van der Waals surface area contributed by atoms with Gasteiger partial charge in [-0.1, -0.05) is 109 Å². The van der Waals surface area contributed by atoms with E-state index in [1.54, 1.807) is 12.3 Å². The molecule has 1 aromatic heterocycles. The number of ether oxygens (including phenoxy) is 1. The van der Waals surface area contributed by atoms with Crippen LogP contribution >= 0.6 is 11.3 Å². The summed E-state index contributed by atoms with van der Waals surface area (Å²) in [5.41, 5.74) is 2.93. The number of esters is 1. The van der Waals surface area contributed by atoms with Crippen LogP contribution in [0.2, 0.25) is 0 Å². The van der Waals surface area contributed by atoms with Gasteiger partial charge in [0.1, 0.15) is 17.8 Å². The number of oxime groups is 1. The fraction of sp³-hybridized carbons (Fsp3) is 0.233. The van der Waals surface area contributed by atoms with Gasteiger partial charge in [0, 0.05) is 5.38 Å². The number of carbonyl (C=O) groups excluding carboxylic acids is 1. The van der Waals surface area contributed by atoms with Crippen molar-refractivity contribution in [3.05, 3.63) is 119 Å². The maximum atomic E-state index is 12.7. The van der Waals surface area contributed by atoms with Gasteiger partial charge in [0.25, 0.3) is 0 Å². The van der Waals surface area contributed by atoms with E-state index in [-0.39, 0.29) is 12.3 Å². The molecule has 0 atom stereocenters. The quantitative estimate of drug-likeness (QED) is 0.0757. The lowest BCUT2D eigenvalue weighted by Crippen LogP contribution is -2.38. The molecule has 0 aliphatic carbocycles. The Kier molecular flexibility index (Phi) is 9.05. The van der Waals surface area contributed by atoms with Crippen LogP contribution in [0.4, 0.5) is 5.13 Å². The summed E-state index contributed by atoms with van der Waals surface area (Å²) in [7, 11) is 0. The Hall–Kier alpha value is -3.97. The molecule has 0 unspecified atom stereocenters. The molecule has 0 saturated carbocycles. The molecule has 37 heavy (non-hydrogen) atoms. The fourth-order valence-corrected chi connectivity index (χ4v) is 4.84. The zero-order chi connectivity index (χ0) is 25.9. The molecular formula is C30H31N3O3S. The summed E-state index contributed by atoms with van der Waals surface area (Å²) in [5, 5.41) is 10.3. The molecule has 0 fully saturated rings. The predicted molar refractivity (Wildman–Crippen MR) is 149 cm³/mol. The molecule has 0 spiro atoms. The highest BCUT2D eigenvalue weighted by molar-refractivity contribution is 7.14. The Balaban J connectivity index is 1.79. The summed E-state index contributed by atoms with van der Waals surface area (Å²) in [6.07, 6.45) is 1.81. The molecule has 3 aromatic carbocycles. The standard InChI is InChI=1S/C30H31N3O3S/c1-3-5-21-36-33-27(28(34)35-4-2)26-22-37-29(31-26)32-30(23-15-9-6-10-16-23,24-17-11-7-12-18-24)25-19-13-8-14-20-25/h6-20,22H,3-5,21H2,1-2H3,(H,31,32). The minimum atomic E-state index is -0.724. The van der Waals surface area contributed by atoms with Crippen LogP contribution in [-0.2, 0) is 19.9 Å². The van der Waals surface area contributed by atoms with Gasteiger partial charge in [0.2, 0.25) is 5.71 Å². The average Bonchev–Trinajstić information content (AvgIpc) is 3.41. The first-order valence-electron chi connectivity index (χ1n) is 12.5. The molecule has 4 rings (SSSR count). The lowest BCUT2D eigenvalue weighted by atomic mass is 9.77. The van der Waals surface area contributed by atoms with Crippen molar-refractivity contribution in [2.45, 2.75) is 32.2 Å². The largest absolute Gasteiger partial charge is 0.461 e. The van der Waals surface area contributed by atoms with Gasteiger partial charge in [-0.3, -0.25) is 0 Å². The van der Waals surface area contributed by atoms with Crippen LogP contribution in [0, 0.1) is 0 Å². The molecule has 0 aliphatic heterocycles. The third-order valence-electron chi connectivity index (χ3n) is 5.88. The Labute approximate surface area is 222 Å². The molecule has 1 heterocycles. The van der Waals surface area contributed by atoms with Gasteiger partial charge in [0.15, 0.2) is 5.13 Å². The molecule has 190 valence electrons. The zero-order valence-electron chi connectivity index (χ0n) is 21.1. The molecule has 0 amide bonds. The van der Waals surface area contributed by atoms with Crippen LogP contribution in [0.5, 0.6) is 0 Å². The van der Waals surface area contributed by atoms with E-state index in [0.29, 0.717) is 17.4 Å². The topological polar surface area (TPSA) is 72.8 Å². The number of rotatable bonds is 12. The number of nitrogens with one attached hydrogen (secondary N) is 1. The maximum absolute atomic E-state index is 12.7. The highest BCUT2D eigenvalue weighted by Crippen LogP contribution is 2.40. The Morgan fingerprint density at radius 2 is 1.43 bits per heavy atom. The molecule has 0 aliphatic rings. The number of unbranched alkanes of at least 4 members (excludes halogenated alkanes) is 1.